The third-order valence-electron chi connectivity index (χ3n) is 11.9. The minimum Gasteiger partial charge on any atom is -0.507 e. The van der Waals surface area contributed by atoms with E-state index in [0.29, 0.717) is 24.0 Å². The normalized spacial score (nSPS) is 17.0. The number of phenolic OH excluding ortho intramolecular Hbond substituents is 1. The molecule has 1 fully saturated rings. The summed E-state index contributed by atoms with van der Waals surface area (Å²) >= 11 is 1.56. The van der Waals surface area contributed by atoms with E-state index in [2.05, 4.69) is 31.4 Å². The van der Waals surface area contributed by atoms with Crippen LogP contribution in [-0.4, -0.2) is 124 Å². The van der Waals surface area contributed by atoms with Gasteiger partial charge in [0.15, 0.2) is 11.5 Å². The van der Waals surface area contributed by atoms with E-state index in [9.17, 15) is 39.0 Å². The number of aryl methyl sites for hydroxylation is 2. The average Bonchev–Trinajstić information content (AvgIpc) is 4.14. The fourth-order valence-corrected chi connectivity index (χ4v) is 9.05. The molecule has 5 aromatic rings. The summed E-state index contributed by atoms with van der Waals surface area (Å²) in [6.07, 6.45) is 0.428. The summed E-state index contributed by atoms with van der Waals surface area (Å²) in [6.45, 7) is 7.15. The SMILES string of the molecule is Cc1ncsc1-c1ccc(CNC(=O)[C@@H]2C[C@@H](O)CN2C(=O)C(NC(=O)COCCNC(=O)c2ccc3c(c2)[C@H](NC(=O)c2cc(-c4ccc(C(=O)N(C)C)c(O)c4)on2)CC3)C(C)(C)C)cc1. The molecule has 19 heteroatoms. The first kappa shape index (κ1) is 49.0. The maximum atomic E-state index is 14.0. The Kier molecular flexibility index (Phi) is 15.1. The van der Waals surface area contributed by atoms with Crippen LogP contribution >= 0.6 is 11.3 Å². The number of fused-ring (bicyclic) bond motifs is 1. The van der Waals surface area contributed by atoms with Crippen molar-refractivity contribution in [3.63, 3.8) is 0 Å². The maximum Gasteiger partial charge on any atom is 0.273 e. The van der Waals surface area contributed by atoms with Crippen LogP contribution in [0.1, 0.15) is 93.2 Å². The monoisotopic (exact) mass is 948 g/mol. The van der Waals surface area contributed by atoms with Gasteiger partial charge in [0, 0.05) is 57.3 Å². The average molecular weight is 949 g/mol. The van der Waals surface area contributed by atoms with Crippen LogP contribution in [0.4, 0.5) is 0 Å². The predicted molar refractivity (Wildman–Crippen MR) is 251 cm³/mol. The highest BCUT2D eigenvalue weighted by atomic mass is 32.1. The molecule has 6 amide bonds. The number of aromatic nitrogens is 2. The van der Waals surface area contributed by atoms with E-state index < -0.39 is 59.9 Å². The van der Waals surface area contributed by atoms with Gasteiger partial charge in [-0.05, 0) is 71.7 Å². The van der Waals surface area contributed by atoms with Gasteiger partial charge in [-0.3, -0.25) is 28.8 Å². The van der Waals surface area contributed by atoms with Crippen molar-refractivity contribution >= 4 is 46.8 Å². The molecule has 0 radical (unpaired) electrons. The highest BCUT2D eigenvalue weighted by molar-refractivity contribution is 7.13. The molecule has 2 aliphatic rings. The van der Waals surface area contributed by atoms with Gasteiger partial charge in [0.05, 0.1) is 40.4 Å². The topological polar surface area (TPSA) is 246 Å². The molecule has 358 valence electrons. The second-order valence-electron chi connectivity index (χ2n) is 18.2. The van der Waals surface area contributed by atoms with E-state index in [4.69, 9.17) is 9.26 Å². The Labute approximate surface area is 397 Å². The Hall–Kier alpha value is -6.96. The van der Waals surface area contributed by atoms with Gasteiger partial charge in [0.2, 0.25) is 17.7 Å². The molecular weight excluding hydrogens is 893 g/mol. The van der Waals surface area contributed by atoms with Crippen LogP contribution in [0.5, 0.6) is 5.75 Å². The number of carbonyl (C=O) groups is 6. The molecule has 3 aromatic carbocycles. The second-order valence-corrected chi connectivity index (χ2v) is 19.1. The Morgan fingerprint density at radius 1 is 0.971 bits per heavy atom. The highest BCUT2D eigenvalue weighted by Crippen LogP contribution is 2.34. The first-order valence-electron chi connectivity index (χ1n) is 22.2. The largest absolute Gasteiger partial charge is 0.507 e. The van der Waals surface area contributed by atoms with E-state index in [-0.39, 0.29) is 67.2 Å². The molecule has 0 saturated carbocycles. The lowest BCUT2D eigenvalue weighted by molar-refractivity contribution is -0.144. The molecule has 7 rings (SSSR count). The second kappa shape index (κ2) is 20.9. The summed E-state index contributed by atoms with van der Waals surface area (Å²) < 4.78 is 11.0. The zero-order chi connectivity index (χ0) is 48.9. The quantitative estimate of drug-likeness (QED) is 0.0765. The van der Waals surface area contributed by atoms with Crippen molar-refractivity contribution in [2.24, 2.45) is 5.41 Å². The van der Waals surface area contributed by atoms with Crippen LogP contribution in [0, 0.1) is 12.3 Å². The van der Waals surface area contributed by atoms with Gasteiger partial charge < -0.3 is 50.5 Å². The van der Waals surface area contributed by atoms with Crippen molar-refractivity contribution in [1.82, 2.24) is 41.2 Å². The molecule has 2 aromatic heterocycles. The number of aliphatic hydroxyl groups excluding tert-OH is 1. The van der Waals surface area contributed by atoms with E-state index >= 15 is 0 Å². The first-order chi connectivity index (χ1) is 32.4. The molecule has 4 atom stereocenters. The van der Waals surface area contributed by atoms with E-state index in [1.54, 1.807) is 69.9 Å². The van der Waals surface area contributed by atoms with E-state index in [1.807, 2.05) is 37.3 Å². The van der Waals surface area contributed by atoms with Crippen LogP contribution in [0.15, 0.2) is 76.8 Å². The Balaban J connectivity index is 0.864. The molecule has 18 nitrogen and oxygen atoms in total. The number of amides is 6. The number of rotatable bonds is 16. The van der Waals surface area contributed by atoms with E-state index in [0.717, 1.165) is 32.8 Å². The fourth-order valence-electron chi connectivity index (χ4n) is 8.24. The van der Waals surface area contributed by atoms with Gasteiger partial charge in [-0.2, -0.15) is 0 Å². The zero-order valence-electron chi connectivity index (χ0n) is 38.8. The fraction of sp³-hybridized carbons (Fsp3) is 0.388. The Morgan fingerprint density at radius 3 is 2.41 bits per heavy atom. The van der Waals surface area contributed by atoms with Crippen molar-refractivity contribution in [3.8, 4) is 27.5 Å². The molecule has 1 saturated heterocycles. The number of nitrogens with zero attached hydrogens (tertiary/aromatic N) is 4. The highest BCUT2D eigenvalue weighted by Gasteiger charge is 2.44. The molecule has 1 aliphatic carbocycles. The van der Waals surface area contributed by atoms with Crippen LogP contribution in [-0.2, 0) is 32.1 Å². The number of aromatic hydroxyl groups is 1. The van der Waals surface area contributed by atoms with Gasteiger partial charge >= 0.3 is 0 Å². The lowest BCUT2D eigenvalue weighted by atomic mass is 9.85. The first-order valence-corrected chi connectivity index (χ1v) is 23.1. The number of phenols is 1. The number of hydrogen-bond acceptors (Lipinski definition) is 13. The molecule has 1 aliphatic heterocycles. The lowest BCUT2D eigenvalue weighted by Crippen LogP contribution is -2.58. The van der Waals surface area contributed by atoms with Crippen molar-refractivity contribution in [2.45, 2.75) is 77.7 Å². The predicted octanol–water partition coefficient (Wildman–Crippen LogP) is 4.15. The number of ether oxygens (including phenoxy) is 1. The van der Waals surface area contributed by atoms with Gasteiger partial charge in [-0.1, -0.05) is 62.3 Å². The summed E-state index contributed by atoms with van der Waals surface area (Å²) in [5.74, 6) is -2.73. The van der Waals surface area contributed by atoms with Crippen LogP contribution in [0.3, 0.4) is 0 Å². The number of hydrogen-bond donors (Lipinski definition) is 6. The number of likely N-dealkylation sites (tertiary alicyclic amines) is 1. The van der Waals surface area contributed by atoms with Crippen LogP contribution < -0.4 is 21.3 Å². The van der Waals surface area contributed by atoms with Crippen molar-refractivity contribution in [3.05, 3.63) is 111 Å². The third kappa shape index (κ3) is 11.4. The molecule has 1 unspecified atom stereocenters. The zero-order valence-corrected chi connectivity index (χ0v) is 39.6. The van der Waals surface area contributed by atoms with Gasteiger partial charge in [-0.15, -0.1) is 11.3 Å². The van der Waals surface area contributed by atoms with Gasteiger partial charge in [-0.25, -0.2) is 4.98 Å². The van der Waals surface area contributed by atoms with Crippen molar-refractivity contribution in [2.75, 3.05) is 40.4 Å². The Morgan fingerprint density at radius 2 is 1.72 bits per heavy atom. The van der Waals surface area contributed by atoms with Gasteiger partial charge in [0.1, 0.15) is 24.4 Å². The Bertz CT molecular complexity index is 2690. The number of thiazole rings is 1. The van der Waals surface area contributed by atoms with Gasteiger partial charge in [0.25, 0.3) is 17.7 Å². The molecule has 0 spiro atoms. The number of aliphatic hydroxyl groups is 1. The summed E-state index contributed by atoms with van der Waals surface area (Å²) in [6, 6.07) is 16.6. The summed E-state index contributed by atoms with van der Waals surface area (Å²) in [5, 5.41) is 36.3. The summed E-state index contributed by atoms with van der Waals surface area (Å²) in [5.41, 5.74) is 6.58. The number of carbonyl (C=O) groups excluding carboxylic acids is 6. The number of β-amino-alcohol motifs (C(OH)–C–C–N with tert-alkyl or cyclic N) is 1. The minimum absolute atomic E-state index is 0.0112. The maximum absolute atomic E-state index is 14.0. The smallest absolute Gasteiger partial charge is 0.273 e. The molecule has 6 N–H and O–H groups in total. The number of benzene rings is 3. The van der Waals surface area contributed by atoms with Crippen molar-refractivity contribution < 1.29 is 48.2 Å². The molecule has 68 heavy (non-hydrogen) atoms. The molecular formula is C49H56N8O10S. The lowest BCUT2D eigenvalue weighted by Gasteiger charge is -2.35. The minimum atomic E-state index is -1.04. The van der Waals surface area contributed by atoms with E-state index in [1.165, 1.54) is 28.0 Å². The number of nitrogens with one attached hydrogen (secondary N) is 4. The summed E-state index contributed by atoms with van der Waals surface area (Å²) in [7, 11) is 3.15. The molecule has 0 bridgehead atoms. The van der Waals surface area contributed by atoms with Crippen LogP contribution in [0.2, 0.25) is 0 Å². The van der Waals surface area contributed by atoms with Crippen molar-refractivity contribution in [1.29, 1.82) is 0 Å². The summed E-state index contributed by atoms with van der Waals surface area (Å²) in [4.78, 5) is 87.4. The molecule has 3 heterocycles. The standard InChI is InChI=1S/C49H56N8O10S/c1-27-42(68-26-52-27)30-9-7-28(8-10-30)23-51-46(63)38-21-33(58)24-57(38)48(65)43(49(2,3)4)54-41(60)25-66-18-17-50-44(61)32-12-11-29-14-16-36(35(29)19-32)53-45(62)37-22-40(67-55-37)31-13-15-34(39(59)20-31)47(64)56(5)6/h7-13,15,19-20,22,26,33,36,38,43,58-59H,14,16-18,21,23-25H2,1-6H3,(H,50,61)(H,51,63)(H,53,62)(H,54,60)/t33-,36-,38+,43?/m1/s1. The third-order valence-corrected chi connectivity index (χ3v) is 12.9. The van der Waals surface area contributed by atoms with Crippen LogP contribution in [0.25, 0.3) is 21.8 Å².